The molecule has 0 aliphatic carbocycles. The fourth-order valence-electron chi connectivity index (χ4n) is 2.31. The molecule has 0 fully saturated rings. The number of hydrogen-bond acceptors (Lipinski definition) is 5. The maximum absolute atomic E-state index is 9.28. The summed E-state index contributed by atoms with van der Waals surface area (Å²) in [6.07, 6.45) is 0. The second-order valence-electron chi connectivity index (χ2n) is 5.69. The monoisotopic (exact) mass is 398 g/mol. The molecule has 1 heterocycles. The van der Waals surface area contributed by atoms with Gasteiger partial charge in [0.2, 0.25) is 5.95 Å². The molecular weight excluding hydrogens is 380 g/mol. The van der Waals surface area contributed by atoms with Crippen LogP contribution in [0.25, 0.3) is 11.3 Å². The van der Waals surface area contributed by atoms with E-state index in [0.29, 0.717) is 11.8 Å². The second kappa shape index (κ2) is 8.09. The first-order chi connectivity index (χ1) is 12.1. The molecule has 0 unspecified atom stereocenters. The smallest absolute Gasteiger partial charge is 0.225 e. The van der Waals surface area contributed by atoms with Crippen LogP contribution in [0, 0.1) is 0 Å². The van der Waals surface area contributed by atoms with E-state index in [9.17, 15) is 5.11 Å². The molecule has 6 heteroatoms. The molecule has 0 amide bonds. The first-order valence-corrected chi connectivity index (χ1v) is 8.78. The summed E-state index contributed by atoms with van der Waals surface area (Å²) in [5, 5.41) is 15.7. The van der Waals surface area contributed by atoms with Crippen LogP contribution < -0.4 is 10.6 Å². The summed E-state index contributed by atoms with van der Waals surface area (Å²) in [7, 11) is 0. The molecule has 0 spiro atoms. The van der Waals surface area contributed by atoms with Crippen LogP contribution in [0.5, 0.6) is 0 Å². The Morgan fingerprint density at radius 3 is 2.56 bits per heavy atom. The van der Waals surface area contributed by atoms with E-state index in [0.717, 1.165) is 21.4 Å². The van der Waals surface area contributed by atoms with Crippen molar-refractivity contribution in [3.05, 3.63) is 65.1 Å². The maximum atomic E-state index is 9.28. The topological polar surface area (TPSA) is 70.1 Å². The van der Waals surface area contributed by atoms with Crippen LogP contribution in [0.15, 0.2) is 65.1 Å². The maximum Gasteiger partial charge on any atom is 0.225 e. The van der Waals surface area contributed by atoms with Gasteiger partial charge in [-0.25, -0.2) is 4.98 Å². The van der Waals surface area contributed by atoms with Gasteiger partial charge in [-0.15, -0.1) is 0 Å². The number of hydrogen-bond donors (Lipinski definition) is 3. The largest absolute Gasteiger partial charge is 0.394 e. The van der Waals surface area contributed by atoms with Crippen molar-refractivity contribution in [3.8, 4) is 11.3 Å². The van der Waals surface area contributed by atoms with Gasteiger partial charge in [0.1, 0.15) is 5.82 Å². The average Bonchev–Trinajstić information content (AvgIpc) is 2.62. The molecular formula is C19H19BrN4O. The standard InChI is InChI=1S/C19H19BrN4O/c1-13(12-25)21-19-23-17(14-6-3-2-4-7-14)11-18(24-19)22-16-9-5-8-15(20)10-16/h2-11,13,25H,12H2,1H3,(H2,21,22,23,24)/t13-/m0/s1. The summed E-state index contributed by atoms with van der Waals surface area (Å²) in [6.45, 7) is 1.88. The highest BCUT2D eigenvalue weighted by Crippen LogP contribution is 2.25. The van der Waals surface area contributed by atoms with E-state index in [1.165, 1.54) is 0 Å². The van der Waals surface area contributed by atoms with Crippen LogP contribution in [-0.2, 0) is 0 Å². The molecule has 128 valence electrons. The van der Waals surface area contributed by atoms with Crippen LogP contribution >= 0.6 is 15.9 Å². The zero-order chi connectivity index (χ0) is 17.6. The summed E-state index contributed by atoms with van der Waals surface area (Å²) >= 11 is 3.47. The lowest BCUT2D eigenvalue weighted by molar-refractivity contribution is 0.281. The van der Waals surface area contributed by atoms with E-state index in [2.05, 4.69) is 36.5 Å². The third-order valence-electron chi connectivity index (χ3n) is 3.54. The van der Waals surface area contributed by atoms with Crippen molar-refractivity contribution in [2.45, 2.75) is 13.0 Å². The van der Waals surface area contributed by atoms with Gasteiger partial charge in [0, 0.05) is 27.8 Å². The van der Waals surface area contributed by atoms with E-state index in [1.807, 2.05) is 67.6 Å². The van der Waals surface area contributed by atoms with Gasteiger partial charge < -0.3 is 15.7 Å². The normalized spacial score (nSPS) is 11.8. The molecule has 0 aliphatic heterocycles. The number of halogens is 1. The molecule has 3 aromatic rings. The number of aromatic nitrogens is 2. The Morgan fingerprint density at radius 1 is 1.04 bits per heavy atom. The fraction of sp³-hybridized carbons (Fsp3) is 0.158. The summed E-state index contributed by atoms with van der Waals surface area (Å²) < 4.78 is 0.988. The number of nitrogens with one attached hydrogen (secondary N) is 2. The van der Waals surface area contributed by atoms with Crippen LogP contribution in [0.4, 0.5) is 17.5 Å². The lowest BCUT2D eigenvalue weighted by Crippen LogP contribution is -2.21. The van der Waals surface area contributed by atoms with E-state index in [-0.39, 0.29) is 12.6 Å². The van der Waals surface area contributed by atoms with Crippen molar-refractivity contribution in [1.29, 1.82) is 0 Å². The van der Waals surface area contributed by atoms with Crippen molar-refractivity contribution in [2.24, 2.45) is 0 Å². The lowest BCUT2D eigenvalue weighted by Gasteiger charge is -2.14. The van der Waals surface area contributed by atoms with Crippen molar-refractivity contribution in [3.63, 3.8) is 0 Å². The SMILES string of the molecule is C[C@@H](CO)Nc1nc(Nc2cccc(Br)c2)cc(-c2ccccc2)n1. The first kappa shape index (κ1) is 17.4. The Balaban J connectivity index is 1.97. The van der Waals surface area contributed by atoms with Crippen molar-refractivity contribution in [2.75, 3.05) is 17.2 Å². The Hall–Kier alpha value is -2.44. The van der Waals surface area contributed by atoms with E-state index in [1.54, 1.807) is 0 Å². The first-order valence-electron chi connectivity index (χ1n) is 7.98. The molecule has 0 radical (unpaired) electrons. The van der Waals surface area contributed by atoms with Gasteiger partial charge in [-0.1, -0.05) is 52.3 Å². The van der Waals surface area contributed by atoms with Gasteiger partial charge in [0.05, 0.1) is 12.3 Å². The minimum Gasteiger partial charge on any atom is -0.394 e. The Bertz CT molecular complexity index is 842. The highest BCUT2D eigenvalue weighted by molar-refractivity contribution is 9.10. The van der Waals surface area contributed by atoms with Gasteiger partial charge in [-0.2, -0.15) is 4.98 Å². The highest BCUT2D eigenvalue weighted by atomic mass is 79.9. The summed E-state index contributed by atoms with van der Waals surface area (Å²) in [5.74, 6) is 1.15. The van der Waals surface area contributed by atoms with Gasteiger partial charge in [-0.3, -0.25) is 0 Å². The number of benzene rings is 2. The molecule has 2 aromatic carbocycles. The lowest BCUT2D eigenvalue weighted by atomic mass is 10.1. The fourth-order valence-corrected chi connectivity index (χ4v) is 2.71. The predicted molar refractivity (Wildman–Crippen MR) is 105 cm³/mol. The second-order valence-corrected chi connectivity index (χ2v) is 6.61. The third-order valence-corrected chi connectivity index (χ3v) is 4.04. The molecule has 0 saturated carbocycles. The van der Waals surface area contributed by atoms with E-state index < -0.39 is 0 Å². The van der Waals surface area contributed by atoms with Gasteiger partial charge in [0.15, 0.2) is 0 Å². The molecule has 0 aliphatic rings. The molecule has 0 saturated heterocycles. The Morgan fingerprint density at radius 2 is 1.84 bits per heavy atom. The molecule has 1 aromatic heterocycles. The zero-order valence-corrected chi connectivity index (χ0v) is 15.4. The summed E-state index contributed by atoms with van der Waals surface area (Å²) in [6, 6.07) is 19.6. The third kappa shape index (κ3) is 4.78. The Labute approximate surface area is 155 Å². The molecule has 3 N–H and O–H groups in total. The zero-order valence-electron chi connectivity index (χ0n) is 13.8. The molecule has 3 rings (SSSR count). The van der Waals surface area contributed by atoms with Gasteiger partial charge in [-0.05, 0) is 25.1 Å². The van der Waals surface area contributed by atoms with Crippen molar-refractivity contribution < 1.29 is 5.11 Å². The van der Waals surface area contributed by atoms with Crippen LogP contribution in [0.2, 0.25) is 0 Å². The average molecular weight is 399 g/mol. The van der Waals surface area contributed by atoms with E-state index >= 15 is 0 Å². The molecule has 0 bridgehead atoms. The van der Waals surface area contributed by atoms with Gasteiger partial charge in [0.25, 0.3) is 0 Å². The summed E-state index contributed by atoms with van der Waals surface area (Å²) in [5.41, 5.74) is 2.73. The highest BCUT2D eigenvalue weighted by Gasteiger charge is 2.09. The molecule has 5 nitrogen and oxygen atoms in total. The van der Waals surface area contributed by atoms with Gasteiger partial charge >= 0.3 is 0 Å². The van der Waals surface area contributed by atoms with Crippen molar-refractivity contribution >= 4 is 33.4 Å². The number of nitrogens with zero attached hydrogens (tertiary/aromatic N) is 2. The minimum atomic E-state index is -0.134. The number of aliphatic hydroxyl groups is 1. The van der Waals surface area contributed by atoms with Crippen LogP contribution in [0.1, 0.15) is 6.92 Å². The van der Waals surface area contributed by atoms with Crippen LogP contribution in [-0.4, -0.2) is 27.7 Å². The summed E-state index contributed by atoms with van der Waals surface area (Å²) in [4.78, 5) is 9.08. The number of rotatable bonds is 6. The number of aliphatic hydroxyl groups excluding tert-OH is 1. The molecule has 1 atom stereocenters. The molecule has 25 heavy (non-hydrogen) atoms. The quantitative estimate of drug-likeness (QED) is 0.572. The van der Waals surface area contributed by atoms with E-state index in [4.69, 9.17) is 0 Å². The van der Waals surface area contributed by atoms with Crippen LogP contribution in [0.3, 0.4) is 0 Å². The predicted octanol–water partition coefficient (Wildman–Crippen LogP) is 4.44. The number of anilines is 3. The Kier molecular flexibility index (Phi) is 5.63. The van der Waals surface area contributed by atoms with Crippen molar-refractivity contribution in [1.82, 2.24) is 9.97 Å². The minimum absolute atomic E-state index is 0.00726.